The van der Waals surface area contributed by atoms with Crippen LogP contribution in [0.4, 0.5) is 5.82 Å². The minimum Gasteiger partial charge on any atom is -0.355 e. The molecule has 0 atom stereocenters. The second kappa shape index (κ2) is 6.05. The lowest BCUT2D eigenvalue weighted by Gasteiger charge is -2.05. The van der Waals surface area contributed by atoms with Gasteiger partial charge >= 0.3 is 0 Å². The lowest BCUT2D eigenvalue weighted by Crippen LogP contribution is -2.17. The van der Waals surface area contributed by atoms with Crippen LogP contribution in [-0.4, -0.2) is 29.1 Å². The van der Waals surface area contributed by atoms with Gasteiger partial charge in [-0.05, 0) is 48.2 Å². The van der Waals surface area contributed by atoms with E-state index in [4.69, 9.17) is 0 Å². The van der Waals surface area contributed by atoms with E-state index in [9.17, 15) is 9.59 Å². The van der Waals surface area contributed by atoms with Gasteiger partial charge in [0.15, 0.2) is 5.82 Å². The van der Waals surface area contributed by atoms with Crippen LogP contribution in [-0.2, 0) is 4.79 Å². The first-order chi connectivity index (χ1) is 12.2. The number of H-pyrrole nitrogens is 1. The van der Waals surface area contributed by atoms with E-state index in [0.29, 0.717) is 11.4 Å². The first-order valence-electron chi connectivity index (χ1n) is 8.27. The molecule has 0 aliphatic heterocycles. The van der Waals surface area contributed by atoms with Gasteiger partial charge in [-0.15, -0.1) is 0 Å². The summed E-state index contributed by atoms with van der Waals surface area (Å²) in [6.07, 6.45) is 1.92. The molecule has 4 rings (SSSR count). The Bertz CT molecular complexity index is 972. The molecule has 25 heavy (non-hydrogen) atoms. The van der Waals surface area contributed by atoms with Crippen LogP contribution < -0.4 is 10.6 Å². The van der Waals surface area contributed by atoms with Crippen molar-refractivity contribution in [1.82, 2.24) is 15.5 Å². The van der Waals surface area contributed by atoms with Crippen LogP contribution in [0.3, 0.4) is 0 Å². The Morgan fingerprint density at radius 2 is 1.92 bits per heavy atom. The van der Waals surface area contributed by atoms with E-state index in [1.54, 1.807) is 13.1 Å². The minimum atomic E-state index is -0.116. The molecule has 1 fully saturated rings. The van der Waals surface area contributed by atoms with Crippen LogP contribution in [0.5, 0.6) is 0 Å². The van der Waals surface area contributed by atoms with Gasteiger partial charge in [-0.25, -0.2) is 0 Å². The highest BCUT2D eigenvalue weighted by Gasteiger charge is 2.30. The number of benzene rings is 2. The molecule has 0 bridgehead atoms. The number of hydrogen-bond donors (Lipinski definition) is 3. The topological polar surface area (TPSA) is 86.9 Å². The standard InChI is InChI=1S/C19H18N4O2/c1-20-18(24)14-4-2-3-12(9-14)13-7-8-15-16(10-13)22-23-17(15)21-19(25)11-5-6-11/h2-4,7-11H,5-6H2,1H3,(H,20,24)(H2,21,22,23,25). The number of aromatic amines is 1. The van der Waals surface area contributed by atoms with E-state index in [0.717, 1.165) is 34.9 Å². The zero-order chi connectivity index (χ0) is 17.4. The highest BCUT2D eigenvalue weighted by atomic mass is 16.2. The van der Waals surface area contributed by atoms with E-state index in [2.05, 4.69) is 20.8 Å². The molecular weight excluding hydrogens is 316 g/mol. The van der Waals surface area contributed by atoms with Gasteiger partial charge in [-0.3, -0.25) is 14.7 Å². The van der Waals surface area contributed by atoms with E-state index in [1.165, 1.54) is 0 Å². The molecule has 1 aliphatic rings. The Labute approximate surface area is 144 Å². The van der Waals surface area contributed by atoms with Gasteiger partial charge in [0.05, 0.1) is 5.52 Å². The lowest BCUT2D eigenvalue weighted by molar-refractivity contribution is -0.117. The first kappa shape index (κ1) is 15.4. The molecule has 0 spiro atoms. The molecule has 1 saturated carbocycles. The normalized spacial score (nSPS) is 13.6. The number of amides is 2. The molecule has 6 nitrogen and oxygen atoms in total. The van der Waals surface area contributed by atoms with Crippen molar-refractivity contribution >= 4 is 28.5 Å². The van der Waals surface area contributed by atoms with Crippen molar-refractivity contribution in [3.63, 3.8) is 0 Å². The van der Waals surface area contributed by atoms with Crippen molar-refractivity contribution in [2.24, 2.45) is 5.92 Å². The summed E-state index contributed by atoms with van der Waals surface area (Å²) in [7, 11) is 1.61. The molecule has 1 aromatic heterocycles. The fraction of sp³-hybridized carbons (Fsp3) is 0.211. The summed E-state index contributed by atoms with van der Waals surface area (Å²) < 4.78 is 0. The molecule has 2 amide bonds. The number of rotatable bonds is 4. The molecule has 3 aromatic rings. The summed E-state index contributed by atoms with van der Waals surface area (Å²) >= 11 is 0. The maximum absolute atomic E-state index is 11.9. The van der Waals surface area contributed by atoms with Gasteiger partial charge in [-0.2, -0.15) is 5.10 Å². The zero-order valence-electron chi connectivity index (χ0n) is 13.8. The number of nitrogens with zero attached hydrogens (tertiary/aromatic N) is 1. The van der Waals surface area contributed by atoms with Crippen molar-refractivity contribution in [2.45, 2.75) is 12.8 Å². The maximum Gasteiger partial charge on any atom is 0.251 e. The van der Waals surface area contributed by atoms with Gasteiger partial charge in [0.2, 0.25) is 5.91 Å². The number of carbonyl (C=O) groups excluding carboxylic acids is 2. The Morgan fingerprint density at radius 3 is 2.68 bits per heavy atom. The number of fused-ring (bicyclic) bond motifs is 1. The number of nitrogens with one attached hydrogen (secondary N) is 3. The molecule has 1 aliphatic carbocycles. The predicted octanol–water partition coefficient (Wildman–Crippen LogP) is 2.94. The third-order valence-corrected chi connectivity index (χ3v) is 4.44. The predicted molar refractivity (Wildman–Crippen MR) is 96.3 cm³/mol. The second-order valence-corrected chi connectivity index (χ2v) is 6.26. The summed E-state index contributed by atoms with van der Waals surface area (Å²) in [4.78, 5) is 23.7. The van der Waals surface area contributed by atoms with Gasteiger partial charge < -0.3 is 10.6 Å². The van der Waals surface area contributed by atoms with Gasteiger partial charge in [0.25, 0.3) is 5.91 Å². The molecule has 2 aromatic carbocycles. The van der Waals surface area contributed by atoms with Crippen LogP contribution in [0.15, 0.2) is 42.5 Å². The van der Waals surface area contributed by atoms with Crippen LogP contribution in [0.2, 0.25) is 0 Å². The molecule has 1 heterocycles. The molecule has 3 N–H and O–H groups in total. The minimum absolute atomic E-state index is 0.0377. The number of carbonyl (C=O) groups is 2. The fourth-order valence-electron chi connectivity index (χ4n) is 2.84. The van der Waals surface area contributed by atoms with Gasteiger partial charge in [0.1, 0.15) is 0 Å². The van der Waals surface area contributed by atoms with E-state index < -0.39 is 0 Å². The molecule has 6 heteroatoms. The van der Waals surface area contributed by atoms with Crippen molar-refractivity contribution in [3.05, 3.63) is 48.0 Å². The van der Waals surface area contributed by atoms with Gasteiger partial charge in [-0.1, -0.05) is 18.2 Å². The Kier molecular flexibility index (Phi) is 3.72. The highest BCUT2D eigenvalue weighted by Crippen LogP contribution is 2.32. The largest absolute Gasteiger partial charge is 0.355 e. The molecule has 0 unspecified atom stereocenters. The third kappa shape index (κ3) is 2.98. The Hall–Kier alpha value is -3.15. The van der Waals surface area contributed by atoms with E-state index in [1.807, 2.05) is 36.4 Å². The number of hydrogen-bond acceptors (Lipinski definition) is 3. The Balaban J connectivity index is 1.65. The zero-order valence-corrected chi connectivity index (χ0v) is 13.8. The average molecular weight is 334 g/mol. The summed E-state index contributed by atoms with van der Waals surface area (Å²) in [6.45, 7) is 0. The Morgan fingerprint density at radius 1 is 1.12 bits per heavy atom. The summed E-state index contributed by atoms with van der Waals surface area (Å²) in [5.41, 5.74) is 3.37. The van der Waals surface area contributed by atoms with Crippen molar-refractivity contribution in [2.75, 3.05) is 12.4 Å². The monoisotopic (exact) mass is 334 g/mol. The quantitative estimate of drug-likeness (QED) is 0.685. The van der Waals surface area contributed by atoms with Crippen molar-refractivity contribution in [1.29, 1.82) is 0 Å². The van der Waals surface area contributed by atoms with E-state index >= 15 is 0 Å². The van der Waals surface area contributed by atoms with Crippen molar-refractivity contribution < 1.29 is 9.59 Å². The summed E-state index contributed by atoms with van der Waals surface area (Å²) in [5, 5.41) is 13.6. The van der Waals surface area contributed by atoms with Crippen LogP contribution >= 0.6 is 0 Å². The maximum atomic E-state index is 11.9. The number of aromatic nitrogens is 2. The highest BCUT2D eigenvalue weighted by molar-refractivity contribution is 6.02. The van der Waals surface area contributed by atoms with Crippen LogP contribution in [0.25, 0.3) is 22.0 Å². The third-order valence-electron chi connectivity index (χ3n) is 4.44. The van der Waals surface area contributed by atoms with Gasteiger partial charge in [0, 0.05) is 23.9 Å². The summed E-state index contributed by atoms with van der Waals surface area (Å²) in [6, 6.07) is 13.3. The lowest BCUT2D eigenvalue weighted by atomic mass is 10.0. The van der Waals surface area contributed by atoms with E-state index in [-0.39, 0.29) is 17.7 Å². The molecular formula is C19H18N4O2. The molecule has 126 valence electrons. The summed E-state index contributed by atoms with van der Waals surface area (Å²) in [5.74, 6) is 0.626. The SMILES string of the molecule is CNC(=O)c1cccc(-c2ccc3c(NC(=O)C4CC4)n[nH]c3c2)c1. The van der Waals surface area contributed by atoms with Crippen molar-refractivity contribution in [3.8, 4) is 11.1 Å². The molecule has 0 saturated heterocycles. The van der Waals surface area contributed by atoms with Crippen LogP contribution in [0.1, 0.15) is 23.2 Å². The number of anilines is 1. The second-order valence-electron chi connectivity index (χ2n) is 6.26. The first-order valence-corrected chi connectivity index (χ1v) is 8.27. The smallest absolute Gasteiger partial charge is 0.251 e. The molecule has 0 radical (unpaired) electrons. The average Bonchev–Trinajstić information content (AvgIpc) is 3.43. The van der Waals surface area contributed by atoms with Crippen LogP contribution in [0, 0.1) is 5.92 Å². The fourth-order valence-corrected chi connectivity index (χ4v) is 2.84.